The van der Waals surface area contributed by atoms with E-state index >= 15 is 0 Å². The van der Waals surface area contributed by atoms with Crippen LogP contribution in [-0.2, 0) is 17.8 Å². The first kappa shape index (κ1) is 22.5. The van der Waals surface area contributed by atoms with Crippen molar-refractivity contribution in [2.45, 2.75) is 46.6 Å². The van der Waals surface area contributed by atoms with Gasteiger partial charge in [0.1, 0.15) is 0 Å². The van der Waals surface area contributed by atoms with E-state index in [1.165, 1.54) is 16.9 Å². The summed E-state index contributed by atoms with van der Waals surface area (Å²) < 4.78 is 0. The maximum absolute atomic E-state index is 12.6. The number of guanidine groups is 1. The number of thiophene rings is 1. The summed E-state index contributed by atoms with van der Waals surface area (Å²) in [4.78, 5) is 23.1. The van der Waals surface area contributed by atoms with E-state index in [9.17, 15) is 4.79 Å². The van der Waals surface area contributed by atoms with Gasteiger partial charge in [-0.15, -0.1) is 35.3 Å². The van der Waals surface area contributed by atoms with Crippen molar-refractivity contribution in [3.05, 3.63) is 21.9 Å². The average Bonchev–Trinajstić information content (AvgIpc) is 3.07. The minimum atomic E-state index is 0. The molecule has 3 rings (SSSR count). The highest BCUT2D eigenvalue weighted by atomic mass is 127. The van der Waals surface area contributed by atoms with E-state index < -0.39 is 0 Å². The molecular formula is C20H33IN4OS. The van der Waals surface area contributed by atoms with Crippen LogP contribution in [0.4, 0.5) is 0 Å². The summed E-state index contributed by atoms with van der Waals surface area (Å²) in [5, 5.41) is 5.54. The van der Waals surface area contributed by atoms with E-state index in [4.69, 9.17) is 4.99 Å². The van der Waals surface area contributed by atoms with Crippen molar-refractivity contribution in [3.8, 4) is 0 Å². The number of carbonyl (C=O) groups is 1. The average molecular weight is 504 g/mol. The van der Waals surface area contributed by atoms with Gasteiger partial charge >= 0.3 is 0 Å². The summed E-state index contributed by atoms with van der Waals surface area (Å²) in [7, 11) is 0. The van der Waals surface area contributed by atoms with Crippen LogP contribution in [0.1, 0.15) is 44.1 Å². The fourth-order valence-corrected chi connectivity index (χ4v) is 5.03. The fraction of sp³-hybridized carbons (Fsp3) is 0.700. The Balaban J connectivity index is 0.00000261. The number of piperidine rings is 1. The van der Waals surface area contributed by atoms with Crippen molar-refractivity contribution >= 4 is 47.2 Å². The lowest BCUT2D eigenvalue weighted by molar-refractivity contribution is -0.131. The number of hydrogen-bond donors (Lipinski definition) is 1. The summed E-state index contributed by atoms with van der Waals surface area (Å²) in [5.74, 6) is 2.58. The van der Waals surface area contributed by atoms with Gasteiger partial charge in [0.25, 0.3) is 0 Å². The van der Waals surface area contributed by atoms with Crippen LogP contribution in [0.3, 0.4) is 0 Å². The van der Waals surface area contributed by atoms with E-state index in [1.807, 2.05) is 16.2 Å². The number of hydrogen-bond acceptors (Lipinski definition) is 3. The molecule has 1 amide bonds. The minimum Gasteiger partial charge on any atom is -0.357 e. The van der Waals surface area contributed by atoms with E-state index in [-0.39, 0.29) is 29.9 Å². The first-order chi connectivity index (χ1) is 12.6. The van der Waals surface area contributed by atoms with E-state index in [0.29, 0.717) is 24.8 Å². The van der Waals surface area contributed by atoms with Gasteiger partial charge in [0.15, 0.2) is 5.96 Å². The zero-order valence-corrected chi connectivity index (χ0v) is 19.9. The molecule has 1 aromatic rings. The summed E-state index contributed by atoms with van der Waals surface area (Å²) in [6.45, 7) is 11.9. The molecule has 2 atom stereocenters. The Morgan fingerprint density at radius 2 is 2.04 bits per heavy atom. The van der Waals surface area contributed by atoms with Crippen molar-refractivity contribution in [2.24, 2.45) is 16.8 Å². The molecule has 7 heteroatoms. The number of nitrogens with one attached hydrogen (secondary N) is 1. The molecule has 0 saturated carbocycles. The fourth-order valence-electron chi connectivity index (χ4n) is 4.14. The third-order valence-electron chi connectivity index (χ3n) is 5.25. The molecule has 2 aliphatic heterocycles. The summed E-state index contributed by atoms with van der Waals surface area (Å²) in [5.41, 5.74) is 1.32. The molecule has 0 spiro atoms. The second kappa shape index (κ2) is 10.6. The van der Waals surface area contributed by atoms with Crippen LogP contribution in [0, 0.1) is 11.8 Å². The van der Waals surface area contributed by atoms with Crippen LogP contribution < -0.4 is 5.32 Å². The highest BCUT2D eigenvalue weighted by Gasteiger charge is 2.24. The normalized spacial score (nSPS) is 22.9. The highest BCUT2D eigenvalue weighted by molar-refractivity contribution is 14.0. The van der Waals surface area contributed by atoms with Crippen molar-refractivity contribution < 1.29 is 4.79 Å². The molecule has 1 N–H and O–H groups in total. The Bertz CT molecular complexity index is 638. The quantitative estimate of drug-likeness (QED) is 0.388. The van der Waals surface area contributed by atoms with E-state index in [2.05, 4.69) is 42.4 Å². The van der Waals surface area contributed by atoms with Crippen LogP contribution in [0.5, 0.6) is 0 Å². The molecule has 0 bridgehead atoms. The zero-order chi connectivity index (χ0) is 18.5. The number of nitrogens with zero attached hydrogens (tertiary/aromatic N) is 3. The van der Waals surface area contributed by atoms with Crippen LogP contribution >= 0.6 is 35.3 Å². The van der Waals surface area contributed by atoms with Crippen molar-refractivity contribution in [3.63, 3.8) is 0 Å². The van der Waals surface area contributed by atoms with Gasteiger partial charge in [0.05, 0.1) is 6.54 Å². The second-order valence-electron chi connectivity index (χ2n) is 7.77. The van der Waals surface area contributed by atoms with E-state index in [0.717, 1.165) is 45.1 Å². The third-order valence-corrected chi connectivity index (χ3v) is 6.27. The molecule has 1 saturated heterocycles. The third kappa shape index (κ3) is 6.07. The molecule has 2 aliphatic rings. The molecule has 0 aliphatic carbocycles. The number of carbonyl (C=O) groups excluding carboxylic acids is 1. The van der Waals surface area contributed by atoms with E-state index in [1.54, 1.807) is 0 Å². The molecule has 0 radical (unpaired) electrons. The minimum absolute atomic E-state index is 0. The Labute approximate surface area is 184 Å². The van der Waals surface area contributed by atoms with Crippen molar-refractivity contribution in [1.82, 2.24) is 15.1 Å². The van der Waals surface area contributed by atoms with Gasteiger partial charge in [-0.2, -0.15) is 0 Å². The number of fused-ring (bicyclic) bond motifs is 1. The number of aliphatic imine (C=N–C) groups is 1. The maximum Gasteiger partial charge on any atom is 0.224 e. The molecule has 27 heavy (non-hydrogen) atoms. The summed E-state index contributed by atoms with van der Waals surface area (Å²) >= 11 is 1.81. The van der Waals surface area contributed by atoms with Crippen molar-refractivity contribution in [2.75, 3.05) is 32.7 Å². The standard InChI is InChI=1S/C20H32N4OS.HI/c1-4-21-20(24-12-15(2)11-16(3)13-24)22-8-5-19(25)23-9-6-18-17(14-23)7-10-26-18;/h7,10,15-16H,4-6,8-9,11-14H2,1-3H3,(H,21,22);1H. The highest BCUT2D eigenvalue weighted by Crippen LogP contribution is 2.24. The van der Waals surface area contributed by atoms with Crippen LogP contribution in [0.15, 0.2) is 16.4 Å². The lowest BCUT2D eigenvalue weighted by Gasteiger charge is -2.37. The largest absolute Gasteiger partial charge is 0.357 e. The Morgan fingerprint density at radius 1 is 1.30 bits per heavy atom. The Morgan fingerprint density at radius 3 is 2.74 bits per heavy atom. The molecule has 1 fully saturated rings. The smallest absolute Gasteiger partial charge is 0.224 e. The van der Waals surface area contributed by atoms with Crippen LogP contribution in [-0.4, -0.2) is 54.4 Å². The van der Waals surface area contributed by atoms with Crippen LogP contribution in [0.25, 0.3) is 0 Å². The van der Waals surface area contributed by atoms with Crippen molar-refractivity contribution in [1.29, 1.82) is 0 Å². The molecule has 3 heterocycles. The molecule has 2 unspecified atom stereocenters. The monoisotopic (exact) mass is 504 g/mol. The van der Waals surface area contributed by atoms with Gasteiger partial charge in [0, 0.05) is 44.0 Å². The summed E-state index contributed by atoms with van der Waals surface area (Å²) in [6, 6.07) is 2.15. The molecule has 1 aromatic heterocycles. The summed E-state index contributed by atoms with van der Waals surface area (Å²) in [6.07, 6.45) is 2.77. The van der Waals surface area contributed by atoms with Crippen LogP contribution in [0.2, 0.25) is 0 Å². The molecule has 152 valence electrons. The molecule has 5 nitrogen and oxygen atoms in total. The number of amides is 1. The van der Waals surface area contributed by atoms with Gasteiger partial charge in [-0.25, -0.2) is 0 Å². The lowest BCUT2D eigenvalue weighted by atomic mass is 9.92. The number of likely N-dealkylation sites (tertiary alicyclic amines) is 1. The SMILES string of the molecule is CCNC(=NCCC(=O)N1CCc2sccc2C1)N1CC(C)CC(C)C1.I. The zero-order valence-electron chi connectivity index (χ0n) is 16.7. The van der Waals surface area contributed by atoms with Gasteiger partial charge < -0.3 is 15.1 Å². The lowest BCUT2D eigenvalue weighted by Crippen LogP contribution is -2.48. The molecular weight excluding hydrogens is 471 g/mol. The Kier molecular flexibility index (Phi) is 8.85. The first-order valence-electron chi connectivity index (χ1n) is 9.93. The maximum atomic E-state index is 12.6. The van der Waals surface area contributed by atoms with Gasteiger partial charge in [-0.05, 0) is 48.6 Å². The second-order valence-corrected chi connectivity index (χ2v) is 8.77. The number of halogens is 1. The van der Waals surface area contributed by atoms with Gasteiger partial charge in [-0.3, -0.25) is 9.79 Å². The predicted octanol–water partition coefficient (Wildman–Crippen LogP) is 3.58. The predicted molar refractivity (Wildman–Crippen MR) is 124 cm³/mol. The number of rotatable bonds is 4. The first-order valence-corrected chi connectivity index (χ1v) is 10.8. The van der Waals surface area contributed by atoms with Gasteiger partial charge in [0.2, 0.25) is 5.91 Å². The Hall–Kier alpha value is -0.830. The topological polar surface area (TPSA) is 47.9 Å². The molecule has 0 aromatic carbocycles. The van der Waals surface area contributed by atoms with Gasteiger partial charge in [-0.1, -0.05) is 13.8 Å².